The largest absolute Gasteiger partial charge is 0.476 e. The maximum atomic E-state index is 11.5. The summed E-state index contributed by atoms with van der Waals surface area (Å²) in [5.41, 5.74) is 0.697. The summed E-state index contributed by atoms with van der Waals surface area (Å²) in [6.45, 7) is 4.08. The minimum Gasteiger partial charge on any atom is -0.476 e. The maximum absolute atomic E-state index is 11.5. The van der Waals surface area contributed by atoms with Crippen LogP contribution in [0.4, 0.5) is 5.82 Å². The number of rotatable bonds is 6. The molecule has 0 spiro atoms. The van der Waals surface area contributed by atoms with E-state index >= 15 is 0 Å². The summed E-state index contributed by atoms with van der Waals surface area (Å²) >= 11 is 0. The topological polar surface area (TPSA) is 86.9 Å². The van der Waals surface area contributed by atoms with Crippen LogP contribution in [-0.2, 0) is 0 Å². The van der Waals surface area contributed by atoms with Crippen molar-refractivity contribution in [1.82, 2.24) is 9.38 Å². The quantitative estimate of drug-likeness (QED) is 0.750. The first-order valence-corrected chi connectivity index (χ1v) is 6.62. The second-order valence-electron chi connectivity index (χ2n) is 5.05. The zero-order valence-electron chi connectivity index (χ0n) is 11.6. The average molecular weight is 277 g/mol. The maximum Gasteiger partial charge on any atom is 0.356 e. The lowest BCUT2D eigenvalue weighted by Crippen LogP contribution is -2.28. The van der Waals surface area contributed by atoms with Crippen LogP contribution in [0.25, 0.3) is 5.65 Å². The molecule has 3 N–H and O–H groups in total. The van der Waals surface area contributed by atoms with Crippen molar-refractivity contribution in [2.45, 2.75) is 26.3 Å². The lowest BCUT2D eigenvalue weighted by molar-refractivity contribution is 0.0690. The van der Waals surface area contributed by atoms with Crippen molar-refractivity contribution in [3.8, 4) is 0 Å². The number of hydrogen-bond acceptors (Lipinski definition) is 4. The van der Waals surface area contributed by atoms with E-state index in [1.165, 1.54) is 0 Å². The molecule has 0 bridgehead atoms. The van der Waals surface area contributed by atoms with Gasteiger partial charge in [-0.05, 0) is 24.5 Å². The van der Waals surface area contributed by atoms with Crippen LogP contribution in [0.15, 0.2) is 24.4 Å². The van der Waals surface area contributed by atoms with E-state index in [1.807, 2.05) is 19.9 Å². The van der Waals surface area contributed by atoms with Gasteiger partial charge < -0.3 is 15.5 Å². The lowest BCUT2D eigenvalue weighted by atomic mass is 10.0. The Morgan fingerprint density at radius 2 is 2.20 bits per heavy atom. The molecule has 0 amide bonds. The molecule has 6 nitrogen and oxygen atoms in total. The molecule has 1 atom stereocenters. The van der Waals surface area contributed by atoms with Gasteiger partial charge in [0.1, 0.15) is 5.65 Å². The van der Waals surface area contributed by atoms with E-state index in [2.05, 4.69) is 10.3 Å². The van der Waals surface area contributed by atoms with Crippen LogP contribution < -0.4 is 5.32 Å². The van der Waals surface area contributed by atoms with Gasteiger partial charge >= 0.3 is 5.97 Å². The Morgan fingerprint density at radius 1 is 1.45 bits per heavy atom. The lowest BCUT2D eigenvalue weighted by Gasteiger charge is -2.21. The first-order valence-electron chi connectivity index (χ1n) is 6.62. The monoisotopic (exact) mass is 277 g/mol. The van der Waals surface area contributed by atoms with Crippen molar-refractivity contribution in [3.63, 3.8) is 0 Å². The molecule has 0 aliphatic rings. The predicted molar refractivity (Wildman–Crippen MR) is 76.1 cm³/mol. The summed E-state index contributed by atoms with van der Waals surface area (Å²) in [4.78, 5) is 15.8. The number of aromatic nitrogens is 2. The van der Waals surface area contributed by atoms with Gasteiger partial charge in [-0.2, -0.15) is 0 Å². The molecule has 2 aromatic heterocycles. The fraction of sp³-hybridized carbons (Fsp3) is 0.429. The molecule has 20 heavy (non-hydrogen) atoms. The van der Waals surface area contributed by atoms with Crippen LogP contribution in [0.2, 0.25) is 0 Å². The van der Waals surface area contributed by atoms with Crippen molar-refractivity contribution in [1.29, 1.82) is 0 Å². The molecule has 0 fully saturated rings. The number of anilines is 1. The number of nitrogens with one attached hydrogen (secondary N) is 1. The molecule has 6 heteroatoms. The fourth-order valence-corrected chi connectivity index (χ4v) is 2.19. The van der Waals surface area contributed by atoms with E-state index in [0.29, 0.717) is 17.9 Å². The fourth-order valence-electron chi connectivity index (χ4n) is 2.19. The number of nitrogens with zero attached hydrogens (tertiary/aromatic N) is 2. The molecule has 0 aliphatic heterocycles. The number of fused-ring (bicyclic) bond motifs is 1. The molecule has 0 aromatic carbocycles. The number of pyridine rings is 1. The Kier molecular flexibility index (Phi) is 4.24. The highest BCUT2D eigenvalue weighted by Crippen LogP contribution is 2.21. The number of imidazole rings is 1. The molecule has 1 unspecified atom stereocenters. The van der Waals surface area contributed by atoms with Gasteiger partial charge in [-0.1, -0.05) is 19.9 Å². The van der Waals surface area contributed by atoms with Crippen molar-refractivity contribution in [2.24, 2.45) is 5.92 Å². The number of aliphatic hydroxyl groups is 1. The Balaban J connectivity index is 2.42. The van der Waals surface area contributed by atoms with Crippen LogP contribution in [-0.4, -0.2) is 38.2 Å². The minimum atomic E-state index is -1.03. The molecule has 0 saturated carbocycles. The molecule has 0 aliphatic carbocycles. The highest BCUT2D eigenvalue weighted by molar-refractivity contribution is 5.93. The number of carboxylic acids is 1. The summed E-state index contributed by atoms with van der Waals surface area (Å²) in [6, 6.07) is 5.31. The van der Waals surface area contributed by atoms with Gasteiger partial charge in [0.05, 0.1) is 0 Å². The van der Waals surface area contributed by atoms with Gasteiger partial charge in [0, 0.05) is 18.8 Å². The smallest absolute Gasteiger partial charge is 0.356 e. The minimum absolute atomic E-state index is 0.0250. The third kappa shape index (κ3) is 2.75. The highest BCUT2D eigenvalue weighted by Gasteiger charge is 2.22. The summed E-state index contributed by atoms with van der Waals surface area (Å²) < 4.78 is 1.54. The van der Waals surface area contributed by atoms with Gasteiger partial charge in [-0.3, -0.25) is 4.40 Å². The van der Waals surface area contributed by atoms with E-state index in [9.17, 15) is 9.90 Å². The number of aliphatic hydroxyl groups excluding tert-OH is 1. The Morgan fingerprint density at radius 3 is 2.80 bits per heavy atom. The van der Waals surface area contributed by atoms with E-state index in [0.717, 1.165) is 0 Å². The second kappa shape index (κ2) is 5.92. The van der Waals surface area contributed by atoms with Crippen LogP contribution in [0, 0.1) is 5.92 Å². The van der Waals surface area contributed by atoms with Crippen molar-refractivity contribution < 1.29 is 15.0 Å². The van der Waals surface area contributed by atoms with Gasteiger partial charge in [0.25, 0.3) is 0 Å². The summed E-state index contributed by atoms with van der Waals surface area (Å²) in [5, 5.41) is 21.6. The van der Waals surface area contributed by atoms with E-state index in [-0.39, 0.29) is 24.3 Å². The molecule has 2 rings (SSSR count). The zero-order chi connectivity index (χ0) is 14.7. The third-order valence-electron chi connectivity index (χ3n) is 3.30. The first kappa shape index (κ1) is 14.3. The van der Waals surface area contributed by atoms with E-state index in [1.54, 1.807) is 22.7 Å². The summed E-state index contributed by atoms with van der Waals surface area (Å²) in [5.74, 6) is -0.429. The SMILES string of the molecule is CC(C)C(CCO)Nc1nc2ccccn2c1C(=O)O. The summed E-state index contributed by atoms with van der Waals surface area (Å²) in [7, 11) is 0. The number of carboxylic acid groups (broad SMARTS) is 1. The van der Waals surface area contributed by atoms with Crippen molar-refractivity contribution in [3.05, 3.63) is 30.1 Å². The Bertz CT molecular complexity index is 607. The Labute approximate surface area is 117 Å². The molecular weight excluding hydrogens is 258 g/mol. The number of carbonyl (C=O) groups is 1. The van der Waals surface area contributed by atoms with E-state index < -0.39 is 5.97 Å². The van der Waals surface area contributed by atoms with Gasteiger partial charge in [0.15, 0.2) is 11.5 Å². The summed E-state index contributed by atoms with van der Waals surface area (Å²) in [6.07, 6.45) is 2.22. The zero-order valence-corrected chi connectivity index (χ0v) is 11.6. The van der Waals surface area contributed by atoms with Gasteiger partial charge in [-0.15, -0.1) is 0 Å². The van der Waals surface area contributed by atoms with Crippen molar-refractivity contribution >= 4 is 17.4 Å². The Hall–Kier alpha value is -2.08. The number of hydrogen-bond donors (Lipinski definition) is 3. The van der Waals surface area contributed by atoms with Crippen LogP contribution in [0.3, 0.4) is 0 Å². The normalized spacial score (nSPS) is 12.8. The average Bonchev–Trinajstić information content (AvgIpc) is 2.76. The van der Waals surface area contributed by atoms with Crippen LogP contribution in [0.5, 0.6) is 0 Å². The molecule has 2 aromatic rings. The third-order valence-corrected chi connectivity index (χ3v) is 3.30. The van der Waals surface area contributed by atoms with Gasteiger partial charge in [-0.25, -0.2) is 9.78 Å². The van der Waals surface area contributed by atoms with Crippen LogP contribution >= 0.6 is 0 Å². The molecule has 108 valence electrons. The predicted octanol–water partition coefficient (Wildman–Crippen LogP) is 1.85. The number of aromatic carboxylic acids is 1. The van der Waals surface area contributed by atoms with Crippen molar-refractivity contribution in [2.75, 3.05) is 11.9 Å². The molecule has 2 heterocycles. The van der Waals surface area contributed by atoms with Crippen LogP contribution in [0.1, 0.15) is 30.8 Å². The molecule has 0 saturated heterocycles. The highest BCUT2D eigenvalue weighted by atomic mass is 16.4. The standard InChI is InChI=1S/C14H19N3O3/c1-9(2)10(6-8-18)15-13-12(14(19)20)17-7-4-3-5-11(17)16-13/h3-5,7,9-10,15,18H,6,8H2,1-2H3,(H,19,20). The van der Waals surface area contributed by atoms with E-state index in [4.69, 9.17) is 5.11 Å². The second-order valence-corrected chi connectivity index (χ2v) is 5.05. The van der Waals surface area contributed by atoms with Gasteiger partial charge in [0.2, 0.25) is 0 Å². The molecular formula is C14H19N3O3. The first-order chi connectivity index (χ1) is 9.54. The molecule has 0 radical (unpaired) electrons.